The molecule has 0 saturated carbocycles. The van der Waals surface area contributed by atoms with Crippen molar-refractivity contribution in [1.29, 1.82) is 0 Å². The van der Waals surface area contributed by atoms with Crippen LogP contribution < -0.4 is 9.64 Å². The number of carbonyl (C=O) groups is 1. The van der Waals surface area contributed by atoms with Gasteiger partial charge in [0.15, 0.2) is 5.13 Å². The maximum atomic E-state index is 13.2. The maximum absolute atomic E-state index is 13.2. The highest BCUT2D eigenvalue weighted by Crippen LogP contribution is 2.32. The molecular weight excluding hydrogens is 408 g/mol. The van der Waals surface area contributed by atoms with Gasteiger partial charge in [-0.25, -0.2) is 9.97 Å². The Morgan fingerprint density at radius 3 is 2.76 bits per heavy atom. The fraction of sp³-hybridized carbons (Fsp3) is 0.190. The third-order valence-corrected chi connectivity index (χ3v) is 5.48. The van der Waals surface area contributed by atoms with E-state index in [-0.39, 0.29) is 18.3 Å². The van der Waals surface area contributed by atoms with Gasteiger partial charge in [0.1, 0.15) is 5.75 Å². The number of rotatable bonds is 7. The number of carbonyl (C=O) groups excluding carboxylic acids is 1. The van der Waals surface area contributed by atoms with Crippen molar-refractivity contribution in [2.24, 2.45) is 0 Å². The van der Waals surface area contributed by atoms with Crippen LogP contribution in [0, 0.1) is 0 Å². The summed E-state index contributed by atoms with van der Waals surface area (Å²) < 4.78 is 8.31. The van der Waals surface area contributed by atoms with E-state index in [2.05, 4.69) is 4.98 Å². The zero-order valence-electron chi connectivity index (χ0n) is 15.9. The average molecular weight is 429 g/mol. The first kappa shape index (κ1) is 20.8. The standard InChI is InChI=1S/C21H20N4O2S.ClH/c1-27-17-8-9-18-19(14-17)28-21(23-18)25(12-5-11-24-13-10-22-15-24)20(26)16-6-3-2-4-7-16;/h2-4,6-10,13-15H,5,11-12H2,1H3;1H. The number of aryl methyl sites for hydroxylation is 1. The summed E-state index contributed by atoms with van der Waals surface area (Å²) in [5.41, 5.74) is 1.52. The summed E-state index contributed by atoms with van der Waals surface area (Å²) in [5.74, 6) is 0.737. The van der Waals surface area contributed by atoms with Crippen molar-refractivity contribution in [2.45, 2.75) is 13.0 Å². The zero-order valence-corrected chi connectivity index (χ0v) is 17.5. The van der Waals surface area contributed by atoms with Crippen LogP contribution in [0.2, 0.25) is 0 Å². The maximum Gasteiger partial charge on any atom is 0.260 e. The Kier molecular flexibility index (Phi) is 6.85. The number of benzene rings is 2. The largest absolute Gasteiger partial charge is 0.497 e. The number of amides is 1. The van der Waals surface area contributed by atoms with Crippen LogP contribution in [0.3, 0.4) is 0 Å². The number of nitrogens with zero attached hydrogens (tertiary/aromatic N) is 4. The van der Waals surface area contributed by atoms with Gasteiger partial charge in [-0.15, -0.1) is 12.4 Å². The predicted molar refractivity (Wildman–Crippen MR) is 118 cm³/mol. The van der Waals surface area contributed by atoms with Gasteiger partial charge in [-0.1, -0.05) is 29.5 Å². The van der Waals surface area contributed by atoms with Crippen molar-refractivity contribution in [3.8, 4) is 5.75 Å². The van der Waals surface area contributed by atoms with Crippen molar-refractivity contribution in [3.63, 3.8) is 0 Å². The van der Waals surface area contributed by atoms with Gasteiger partial charge in [0.25, 0.3) is 5.91 Å². The number of ether oxygens (including phenoxy) is 1. The summed E-state index contributed by atoms with van der Waals surface area (Å²) in [6.45, 7) is 1.36. The number of methoxy groups -OCH3 is 1. The molecule has 0 unspecified atom stereocenters. The lowest BCUT2D eigenvalue weighted by Crippen LogP contribution is -2.32. The summed E-state index contributed by atoms with van der Waals surface area (Å²) in [5, 5.41) is 0.697. The van der Waals surface area contributed by atoms with Crippen molar-refractivity contribution >= 4 is 45.0 Å². The van der Waals surface area contributed by atoms with E-state index < -0.39 is 0 Å². The fourth-order valence-electron chi connectivity index (χ4n) is 2.99. The molecule has 0 aliphatic rings. The van der Waals surface area contributed by atoms with Crippen molar-refractivity contribution in [2.75, 3.05) is 18.6 Å². The first-order valence-corrected chi connectivity index (χ1v) is 9.83. The Balaban J connectivity index is 0.00000240. The molecule has 4 rings (SSSR count). The van der Waals surface area contributed by atoms with Gasteiger partial charge in [-0.05, 0) is 36.8 Å². The highest BCUT2D eigenvalue weighted by molar-refractivity contribution is 7.22. The molecule has 0 radical (unpaired) electrons. The highest BCUT2D eigenvalue weighted by Gasteiger charge is 2.21. The van der Waals surface area contributed by atoms with Crippen LogP contribution >= 0.6 is 23.7 Å². The summed E-state index contributed by atoms with van der Waals surface area (Å²) in [7, 11) is 1.64. The molecule has 0 N–H and O–H groups in total. The molecule has 0 saturated heterocycles. The number of anilines is 1. The summed E-state index contributed by atoms with van der Waals surface area (Å²) >= 11 is 1.50. The number of halogens is 1. The highest BCUT2D eigenvalue weighted by atomic mass is 35.5. The van der Waals surface area contributed by atoms with E-state index in [9.17, 15) is 4.79 Å². The smallest absolute Gasteiger partial charge is 0.260 e. The Labute approximate surface area is 179 Å². The van der Waals surface area contributed by atoms with Crippen LogP contribution in [0.25, 0.3) is 10.2 Å². The molecule has 6 nitrogen and oxygen atoms in total. The number of hydrogen-bond donors (Lipinski definition) is 0. The van der Waals surface area contributed by atoms with Crippen molar-refractivity contribution in [1.82, 2.24) is 14.5 Å². The van der Waals surface area contributed by atoms with Gasteiger partial charge < -0.3 is 9.30 Å². The number of fused-ring (bicyclic) bond motifs is 1. The lowest BCUT2D eigenvalue weighted by Gasteiger charge is -2.20. The molecule has 0 bridgehead atoms. The average Bonchev–Trinajstić information content (AvgIpc) is 3.40. The second kappa shape index (κ2) is 9.54. The normalized spacial score (nSPS) is 10.5. The number of imidazole rings is 1. The van der Waals surface area contributed by atoms with Crippen LogP contribution in [0.4, 0.5) is 5.13 Å². The van der Waals surface area contributed by atoms with E-state index in [1.54, 1.807) is 24.5 Å². The van der Waals surface area contributed by atoms with Gasteiger partial charge in [-0.3, -0.25) is 9.69 Å². The molecule has 2 heterocycles. The first-order chi connectivity index (χ1) is 13.7. The molecule has 4 aromatic rings. The number of hydrogen-bond acceptors (Lipinski definition) is 5. The molecule has 1 amide bonds. The third kappa shape index (κ3) is 4.75. The predicted octanol–water partition coefficient (Wildman–Crippen LogP) is 4.66. The zero-order chi connectivity index (χ0) is 19.3. The molecule has 8 heteroatoms. The monoisotopic (exact) mass is 428 g/mol. The molecule has 29 heavy (non-hydrogen) atoms. The van der Waals surface area contributed by atoms with E-state index in [0.717, 1.165) is 28.9 Å². The van der Waals surface area contributed by atoms with Crippen LogP contribution in [0.1, 0.15) is 16.8 Å². The van der Waals surface area contributed by atoms with E-state index in [1.807, 2.05) is 59.3 Å². The lowest BCUT2D eigenvalue weighted by atomic mass is 10.2. The molecule has 0 aliphatic carbocycles. The second-order valence-electron chi connectivity index (χ2n) is 6.31. The Hall–Kier alpha value is -2.90. The van der Waals surface area contributed by atoms with E-state index in [0.29, 0.717) is 17.2 Å². The molecular formula is C21H21ClN4O2S. The minimum Gasteiger partial charge on any atom is -0.497 e. The Bertz CT molecular complexity index is 1070. The molecule has 0 aliphatic heterocycles. The molecule has 150 valence electrons. The van der Waals surface area contributed by atoms with E-state index in [4.69, 9.17) is 9.72 Å². The topological polar surface area (TPSA) is 60.2 Å². The quantitative estimate of drug-likeness (QED) is 0.429. The van der Waals surface area contributed by atoms with Gasteiger partial charge in [0, 0.05) is 31.0 Å². The summed E-state index contributed by atoms with van der Waals surface area (Å²) in [6, 6.07) is 15.1. The second-order valence-corrected chi connectivity index (χ2v) is 7.32. The van der Waals surface area contributed by atoms with Gasteiger partial charge >= 0.3 is 0 Å². The molecule has 0 spiro atoms. The molecule has 2 aromatic carbocycles. The van der Waals surface area contributed by atoms with Crippen LogP contribution in [0.15, 0.2) is 67.3 Å². The minimum atomic E-state index is -0.0442. The van der Waals surface area contributed by atoms with Crippen molar-refractivity contribution < 1.29 is 9.53 Å². The Morgan fingerprint density at radius 2 is 2.03 bits per heavy atom. The fourth-order valence-corrected chi connectivity index (χ4v) is 4.00. The SMILES string of the molecule is COc1ccc2nc(N(CCCn3ccnc3)C(=O)c3ccccc3)sc2c1.Cl. The molecule has 0 fully saturated rings. The van der Waals surface area contributed by atoms with Crippen LogP contribution in [-0.2, 0) is 6.54 Å². The number of aromatic nitrogens is 3. The number of thiazole rings is 1. The third-order valence-electron chi connectivity index (χ3n) is 4.44. The lowest BCUT2D eigenvalue weighted by molar-refractivity contribution is 0.0986. The van der Waals surface area contributed by atoms with Gasteiger partial charge in [0.2, 0.25) is 0 Å². The van der Waals surface area contributed by atoms with Gasteiger partial charge in [-0.2, -0.15) is 0 Å². The molecule has 2 aromatic heterocycles. The Morgan fingerprint density at radius 1 is 1.21 bits per heavy atom. The van der Waals surface area contributed by atoms with Crippen LogP contribution in [0.5, 0.6) is 5.75 Å². The van der Waals surface area contributed by atoms with Crippen LogP contribution in [-0.4, -0.2) is 34.1 Å². The van der Waals surface area contributed by atoms with Gasteiger partial charge in [0.05, 0.1) is 23.7 Å². The van der Waals surface area contributed by atoms with E-state index in [1.165, 1.54) is 11.3 Å². The van der Waals surface area contributed by atoms with E-state index >= 15 is 0 Å². The van der Waals surface area contributed by atoms with Crippen molar-refractivity contribution in [3.05, 3.63) is 72.8 Å². The summed E-state index contributed by atoms with van der Waals surface area (Å²) in [4.78, 5) is 23.7. The molecule has 0 atom stereocenters. The summed E-state index contributed by atoms with van der Waals surface area (Å²) in [6.07, 6.45) is 6.27. The minimum absolute atomic E-state index is 0. The first-order valence-electron chi connectivity index (χ1n) is 9.02.